The third-order valence-corrected chi connectivity index (χ3v) is 4.08. The molecule has 1 rings (SSSR count). The van der Waals surface area contributed by atoms with Crippen LogP contribution in [0.1, 0.15) is 12.8 Å². The molecule has 1 saturated heterocycles. The van der Waals surface area contributed by atoms with Crippen molar-refractivity contribution < 1.29 is 27.9 Å². The van der Waals surface area contributed by atoms with Gasteiger partial charge in [0.2, 0.25) is 5.91 Å². The Hall–Kier alpha value is -1.48. The Morgan fingerprint density at radius 3 is 2.45 bits per heavy atom. The number of ketones is 1. The van der Waals surface area contributed by atoms with Gasteiger partial charge in [-0.3, -0.25) is 14.5 Å². The number of carbonyl (C=O) groups is 3. The fraction of sp³-hybridized carbons (Fsp3) is 0.727. The van der Waals surface area contributed by atoms with Crippen molar-refractivity contribution in [1.29, 1.82) is 0 Å². The van der Waals surface area contributed by atoms with E-state index in [0.717, 1.165) is 12.0 Å². The molecule has 3 atom stereocenters. The molecule has 2 amide bonds. The average Bonchev–Trinajstić information content (AvgIpc) is 2.82. The minimum atomic E-state index is -2.27. The number of rotatable bonds is 4. The molecule has 0 aliphatic carbocycles. The molecule has 1 N–H and O–H groups in total. The van der Waals surface area contributed by atoms with Gasteiger partial charge in [0.25, 0.3) is 0 Å². The first-order chi connectivity index (χ1) is 9.27. The maximum absolute atomic E-state index is 12.0. The summed E-state index contributed by atoms with van der Waals surface area (Å²) in [5, 5.41) is -0.981. The Labute approximate surface area is 119 Å². The minimum Gasteiger partial charge on any atom is -0.453 e. The summed E-state index contributed by atoms with van der Waals surface area (Å²) in [6.07, 6.45) is -0.985. The van der Waals surface area contributed by atoms with Gasteiger partial charge in [-0.05, 0) is 6.42 Å². The predicted octanol–water partition coefficient (Wildman–Crippen LogP) is -0.330. The van der Waals surface area contributed by atoms with Crippen molar-refractivity contribution in [1.82, 2.24) is 9.80 Å². The van der Waals surface area contributed by atoms with E-state index in [9.17, 15) is 23.1 Å². The van der Waals surface area contributed by atoms with E-state index in [1.165, 1.54) is 19.0 Å². The highest BCUT2D eigenvalue weighted by molar-refractivity contribution is 7.79. The standard InChI is InChI=1S/C11H18N2O6S/c1-12(2)9(15)5-8(14)7-4-10(20(17)18)13(6-7)11(16)19-3/h7,10H,4-6H2,1-3H3,(H,17,18)/t7-,10-/m0/s1. The smallest absolute Gasteiger partial charge is 0.410 e. The van der Waals surface area contributed by atoms with Gasteiger partial charge < -0.3 is 14.2 Å². The molecule has 1 fully saturated rings. The second kappa shape index (κ2) is 6.80. The summed E-state index contributed by atoms with van der Waals surface area (Å²) in [5.74, 6) is -1.31. The highest BCUT2D eigenvalue weighted by Crippen LogP contribution is 2.27. The van der Waals surface area contributed by atoms with Gasteiger partial charge in [-0.15, -0.1) is 0 Å². The third kappa shape index (κ3) is 3.76. The van der Waals surface area contributed by atoms with E-state index in [0.29, 0.717) is 0 Å². The Bertz CT molecular complexity index is 439. The molecule has 20 heavy (non-hydrogen) atoms. The molecule has 1 aliphatic rings. The van der Waals surface area contributed by atoms with Crippen LogP contribution in [0.25, 0.3) is 0 Å². The molecule has 1 aliphatic heterocycles. The van der Waals surface area contributed by atoms with E-state index in [4.69, 9.17) is 0 Å². The average molecular weight is 306 g/mol. The van der Waals surface area contributed by atoms with Crippen LogP contribution in [0, 0.1) is 5.92 Å². The Kier molecular flexibility index (Phi) is 5.63. The van der Waals surface area contributed by atoms with Gasteiger partial charge in [-0.25, -0.2) is 9.00 Å². The largest absolute Gasteiger partial charge is 0.453 e. The first kappa shape index (κ1) is 16.6. The zero-order chi connectivity index (χ0) is 15.4. The summed E-state index contributed by atoms with van der Waals surface area (Å²) >= 11 is -2.27. The lowest BCUT2D eigenvalue weighted by Gasteiger charge is -2.19. The molecule has 0 aromatic heterocycles. The van der Waals surface area contributed by atoms with Crippen LogP contribution in [0.4, 0.5) is 4.79 Å². The SMILES string of the molecule is COC(=O)N1C[C@@H](C(=O)CC(=O)N(C)C)C[C@@H]1S(=O)O. The topological polar surface area (TPSA) is 104 Å². The number of hydrogen-bond acceptors (Lipinski definition) is 5. The van der Waals surface area contributed by atoms with Crippen LogP contribution in [0.3, 0.4) is 0 Å². The van der Waals surface area contributed by atoms with Crippen molar-refractivity contribution in [3.8, 4) is 0 Å². The van der Waals surface area contributed by atoms with Crippen LogP contribution in [-0.2, 0) is 25.4 Å². The molecule has 0 spiro atoms. The summed E-state index contributed by atoms with van der Waals surface area (Å²) in [7, 11) is 4.23. The molecule has 0 bridgehead atoms. The second-order valence-corrected chi connectivity index (χ2v) is 5.81. The number of likely N-dealkylation sites (tertiary alicyclic amines) is 1. The van der Waals surface area contributed by atoms with Gasteiger partial charge in [0, 0.05) is 26.6 Å². The lowest BCUT2D eigenvalue weighted by Crippen LogP contribution is -2.38. The van der Waals surface area contributed by atoms with Crippen LogP contribution in [0.2, 0.25) is 0 Å². The number of amides is 2. The van der Waals surface area contributed by atoms with Crippen LogP contribution in [-0.4, -0.2) is 69.5 Å². The van der Waals surface area contributed by atoms with Crippen LogP contribution >= 0.6 is 0 Å². The van der Waals surface area contributed by atoms with Crippen molar-refractivity contribution in [3.63, 3.8) is 0 Å². The summed E-state index contributed by atoms with van der Waals surface area (Å²) in [4.78, 5) is 37.3. The monoisotopic (exact) mass is 306 g/mol. The lowest BCUT2D eigenvalue weighted by atomic mass is 10.0. The van der Waals surface area contributed by atoms with Crippen LogP contribution in [0.5, 0.6) is 0 Å². The number of Topliss-reactive ketones (excluding diaryl/α,β-unsaturated/α-hetero) is 1. The molecule has 0 aromatic rings. The lowest BCUT2D eigenvalue weighted by molar-refractivity contribution is -0.134. The normalized spacial score (nSPS) is 23.3. The zero-order valence-electron chi connectivity index (χ0n) is 11.6. The van der Waals surface area contributed by atoms with E-state index in [2.05, 4.69) is 4.74 Å². The zero-order valence-corrected chi connectivity index (χ0v) is 12.4. The number of ether oxygens (including phenoxy) is 1. The van der Waals surface area contributed by atoms with Crippen molar-refractivity contribution in [2.75, 3.05) is 27.7 Å². The van der Waals surface area contributed by atoms with Gasteiger partial charge >= 0.3 is 6.09 Å². The summed E-state index contributed by atoms with van der Waals surface area (Å²) in [6.45, 7) is -0.0107. The molecule has 0 aromatic carbocycles. The Morgan fingerprint density at radius 2 is 2.00 bits per heavy atom. The van der Waals surface area contributed by atoms with Gasteiger partial charge in [-0.2, -0.15) is 0 Å². The number of methoxy groups -OCH3 is 1. The van der Waals surface area contributed by atoms with E-state index >= 15 is 0 Å². The quantitative estimate of drug-likeness (QED) is 0.563. The van der Waals surface area contributed by atoms with Crippen LogP contribution < -0.4 is 0 Å². The molecule has 0 saturated carbocycles. The van der Waals surface area contributed by atoms with Crippen molar-refractivity contribution in [3.05, 3.63) is 0 Å². The minimum absolute atomic E-state index is 0.0107. The third-order valence-electron chi connectivity index (χ3n) is 3.17. The molecule has 0 radical (unpaired) electrons. The fourth-order valence-electron chi connectivity index (χ4n) is 1.99. The van der Waals surface area contributed by atoms with Gasteiger partial charge in [0.1, 0.15) is 11.2 Å². The highest BCUT2D eigenvalue weighted by Gasteiger charge is 2.42. The summed E-state index contributed by atoms with van der Waals surface area (Å²) < 4.78 is 24.9. The predicted molar refractivity (Wildman–Crippen MR) is 70.1 cm³/mol. The Morgan fingerprint density at radius 1 is 1.40 bits per heavy atom. The van der Waals surface area contributed by atoms with Crippen molar-refractivity contribution in [2.45, 2.75) is 18.2 Å². The van der Waals surface area contributed by atoms with E-state index in [-0.39, 0.29) is 31.1 Å². The van der Waals surface area contributed by atoms with Gasteiger partial charge in [0.15, 0.2) is 11.1 Å². The maximum Gasteiger partial charge on any atom is 0.410 e. The number of hydrogen-bond donors (Lipinski definition) is 1. The van der Waals surface area contributed by atoms with E-state index < -0.39 is 28.5 Å². The molecular formula is C11H18N2O6S. The van der Waals surface area contributed by atoms with E-state index in [1.54, 1.807) is 0 Å². The molecule has 114 valence electrons. The molecule has 9 heteroatoms. The molecule has 1 heterocycles. The van der Waals surface area contributed by atoms with Gasteiger partial charge in [0.05, 0.1) is 13.5 Å². The maximum atomic E-state index is 12.0. The van der Waals surface area contributed by atoms with Crippen molar-refractivity contribution in [2.24, 2.45) is 5.92 Å². The first-order valence-corrected chi connectivity index (χ1v) is 7.12. The van der Waals surface area contributed by atoms with E-state index in [1.807, 2.05) is 0 Å². The van der Waals surface area contributed by atoms with Crippen molar-refractivity contribution >= 4 is 28.9 Å². The molecule has 1 unspecified atom stereocenters. The number of nitrogens with zero attached hydrogens (tertiary/aromatic N) is 2. The summed E-state index contributed by atoms with van der Waals surface area (Å²) in [5.41, 5.74) is 0. The highest BCUT2D eigenvalue weighted by atomic mass is 32.2. The Balaban J connectivity index is 2.75. The first-order valence-electron chi connectivity index (χ1n) is 5.95. The molecule has 8 nitrogen and oxygen atoms in total. The van der Waals surface area contributed by atoms with Crippen LogP contribution in [0.15, 0.2) is 0 Å². The fourth-order valence-corrected chi connectivity index (χ4v) is 2.77. The summed E-state index contributed by atoms with van der Waals surface area (Å²) in [6, 6.07) is 0. The van der Waals surface area contributed by atoms with Gasteiger partial charge in [-0.1, -0.05) is 0 Å². The molecular weight excluding hydrogens is 288 g/mol. The number of carbonyl (C=O) groups excluding carboxylic acids is 3. The second-order valence-electron chi connectivity index (χ2n) is 4.72.